The number of hydrogen-bond acceptors (Lipinski definition) is 8. The predicted molar refractivity (Wildman–Crippen MR) is 122 cm³/mol. The summed E-state index contributed by atoms with van der Waals surface area (Å²) in [6.07, 6.45) is 1.59. The lowest BCUT2D eigenvalue weighted by molar-refractivity contribution is -0.132. The summed E-state index contributed by atoms with van der Waals surface area (Å²) in [5.41, 5.74) is 3.62. The van der Waals surface area contributed by atoms with Gasteiger partial charge in [0.15, 0.2) is 11.8 Å². The molecule has 1 aromatic heterocycles. The Morgan fingerprint density at radius 1 is 1.00 bits per heavy atom. The minimum atomic E-state index is -1.51. The molecule has 1 unspecified atom stereocenters. The second kappa shape index (κ2) is 11.9. The molecule has 4 N–H and O–H groups in total. The number of hydrogen-bond donors (Lipinski definition) is 4. The number of aliphatic hydroxyl groups excluding tert-OH is 2. The highest BCUT2D eigenvalue weighted by Gasteiger charge is 2.28. The molecule has 0 saturated heterocycles. The van der Waals surface area contributed by atoms with E-state index in [1.165, 1.54) is 11.3 Å². The van der Waals surface area contributed by atoms with Gasteiger partial charge in [-0.3, -0.25) is 19.4 Å². The van der Waals surface area contributed by atoms with Crippen LogP contribution in [0.5, 0.6) is 5.75 Å². The van der Waals surface area contributed by atoms with Crippen molar-refractivity contribution in [2.24, 2.45) is 0 Å². The normalized spacial score (nSPS) is 11.5. The maximum absolute atomic E-state index is 12.6. The van der Waals surface area contributed by atoms with Crippen LogP contribution in [0, 0.1) is 0 Å². The van der Waals surface area contributed by atoms with Crippen molar-refractivity contribution in [2.45, 2.75) is 12.6 Å². The Kier molecular flexibility index (Phi) is 8.64. The zero-order valence-corrected chi connectivity index (χ0v) is 18.4. The molecule has 0 radical (unpaired) electrons. The second-order valence-corrected chi connectivity index (χ2v) is 7.86. The summed E-state index contributed by atoms with van der Waals surface area (Å²) >= 11 is 1.34. The Labute approximate surface area is 194 Å². The predicted octanol–water partition coefficient (Wildman–Crippen LogP) is 1.16. The molecule has 1 heterocycles. The topological polar surface area (TPSA) is 138 Å². The van der Waals surface area contributed by atoms with Crippen molar-refractivity contribution in [3.8, 4) is 16.9 Å². The van der Waals surface area contributed by atoms with Crippen molar-refractivity contribution in [1.29, 1.82) is 0 Å². The van der Waals surface area contributed by atoms with Crippen LogP contribution in [0.4, 0.5) is 0 Å². The fraction of sp³-hybridized carbons (Fsp3) is 0.217. The number of nitrogens with one attached hydrogen (secondary N) is 2. The van der Waals surface area contributed by atoms with Crippen LogP contribution in [0.1, 0.15) is 15.2 Å². The Morgan fingerprint density at radius 3 is 2.24 bits per heavy atom. The lowest BCUT2D eigenvalue weighted by Crippen LogP contribution is -2.52. The number of aromatic nitrogens is 1. The lowest BCUT2D eigenvalue weighted by Gasteiger charge is -2.16. The Morgan fingerprint density at radius 2 is 1.67 bits per heavy atom. The first-order valence-corrected chi connectivity index (χ1v) is 10.9. The molecule has 3 aromatic rings. The SMILES string of the molecule is O=C(NC(C(=O)CO)C(=O)NCc1cncs1)c1ccc(-c2ccc(OCCO)cc2)cc1. The van der Waals surface area contributed by atoms with Gasteiger partial charge in [0.1, 0.15) is 19.0 Å². The number of aliphatic hydroxyl groups is 2. The number of amides is 2. The number of Topliss-reactive ketones (excluding diaryl/α,β-unsaturated/α-hetero) is 1. The van der Waals surface area contributed by atoms with Crippen LogP contribution in [-0.2, 0) is 16.1 Å². The van der Waals surface area contributed by atoms with E-state index < -0.39 is 30.2 Å². The van der Waals surface area contributed by atoms with Gasteiger partial charge in [-0.25, -0.2) is 0 Å². The van der Waals surface area contributed by atoms with Crippen LogP contribution < -0.4 is 15.4 Å². The Balaban J connectivity index is 1.64. The molecule has 0 spiro atoms. The van der Waals surface area contributed by atoms with Gasteiger partial charge in [0, 0.05) is 16.6 Å². The third-order valence-corrected chi connectivity index (χ3v) is 5.41. The number of rotatable bonds is 11. The fourth-order valence-electron chi connectivity index (χ4n) is 2.92. The van der Waals surface area contributed by atoms with E-state index in [2.05, 4.69) is 15.6 Å². The molecule has 0 fully saturated rings. The standard InChI is InChI=1S/C23H23N3O6S/c27-9-10-32-18-7-5-16(6-8-18)15-1-3-17(4-2-15)22(30)26-21(20(29)13-28)23(31)25-12-19-11-24-14-33-19/h1-8,11,14,21,27-28H,9-10,12-13H2,(H,25,31)(H,26,30). The maximum Gasteiger partial charge on any atom is 0.252 e. The number of carbonyl (C=O) groups is 3. The van der Waals surface area contributed by atoms with E-state index >= 15 is 0 Å². The van der Waals surface area contributed by atoms with Crippen LogP contribution in [0.3, 0.4) is 0 Å². The quantitative estimate of drug-likeness (QED) is 0.309. The van der Waals surface area contributed by atoms with E-state index in [4.69, 9.17) is 9.84 Å². The summed E-state index contributed by atoms with van der Waals surface area (Å²) < 4.78 is 5.34. The number of thiazole rings is 1. The minimum absolute atomic E-state index is 0.0657. The van der Waals surface area contributed by atoms with E-state index in [0.717, 1.165) is 16.0 Å². The van der Waals surface area contributed by atoms with Gasteiger partial charge in [-0.1, -0.05) is 24.3 Å². The zero-order chi connectivity index (χ0) is 23.6. The van der Waals surface area contributed by atoms with Gasteiger partial charge in [-0.2, -0.15) is 0 Å². The van der Waals surface area contributed by atoms with Gasteiger partial charge in [0.05, 0.1) is 18.7 Å². The van der Waals surface area contributed by atoms with Gasteiger partial charge in [-0.05, 0) is 35.4 Å². The van der Waals surface area contributed by atoms with E-state index in [-0.39, 0.29) is 25.3 Å². The first-order valence-electron chi connectivity index (χ1n) is 10.1. The van der Waals surface area contributed by atoms with E-state index in [9.17, 15) is 19.5 Å². The van der Waals surface area contributed by atoms with E-state index in [1.54, 1.807) is 48.1 Å². The summed E-state index contributed by atoms with van der Waals surface area (Å²) in [5, 5.41) is 23.0. The van der Waals surface area contributed by atoms with Gasteiger partial charge < -0.3 is 25.6 Å². The number of benzene rings is 2. The third-order valence-electron chi connectivity index (χ3n) is 4.63. The number of ketones is 1. The summed E-state index contributed by atoms with van der Waals surface area (Å²) in [5.74, 6) is -1.51. The Bertz CT molecular complexity index is 1070. The number of nitrogens with zero attached hydrogens (tertiary/aromatic N) is 1. The number of carbonyl (C=O) groups excluding carboxylic acids is 3. The second-order valence-electron chi connectivity index (χ2n) is 6.89. The molecule has 0 aliphatic rings. The van der Waals surface area contributed by atoms with Crippen molar-refractivity contribution in [3.05, 3.63) is 70.7 Å². The van der Waals surface area contributed by atoms with Crippen LogP contribution in [-0.4, -0.2) is 58.7 Å². The van der Waals surface area contributed by atoms with Crippen molar-refractivity contribution in [3.63, 3.8) is 0 Å². The highest BCUT2D eigenvalue weighted by atomic mass is 32.1. The average molecular weight is 470 g/mol. The highest BCUT2D eigenvalue weighted by Crippen LogP contribution is 2.23. The Hall–Kier alpha value is -3.60. The van der Waals surface area contributed by atoms with Crippen LogP contribution in [0.15, 0.2) is 60.2 Å². The molecule has 10 heteroatoms. The molecule has 0 saturated carbocycles. The molecule has 2 aromatic carbocycles. The van der Waals surface area contributed by atoms with E-state index in [0.29, 0.717) is 5.75 Å². The molecule has 0 bridgehead atoms. The minimum Gasteiger partial charge on any atom is -0.491 e. The van der Waals surface area contributed by atoms with Crippen molar-refractivity contribution in [1.82, 2.24) is 15.6 Å². The van der Waals surface area contributed by atoms with Crippen molar-refractivity contribution in [2.75, 3.05) is 19.8 Å². The van der Waals surface area contributed by atoms with Crippen LogP contribution >= 0.6 is 11.3 Å². The largest absolute Gasteiger partial charge is 0.491 e. The summed E-state index contributed by atoms with van der Waals surface area (Å²) in [6.45, 7) is -0.570. The molecule has 33 heavy (non-hydrogen) atoms. The summed E-state index contributed by atoms with van der Waals surface area (Å²) in [7, 11) is 0. The van der Waals surface area contributed by atoms with Crippen molar-refractivity contribution < 1.29 is 29.3 Å². The molecule has 3 rings (SSSR count). The average Bonchev–Trinajstić information content (AvgIpc) is 3.38. The molecule has 0 aliphatic carbocycles. The first-order chi connectivity index (χ1) is 16.0. The molecular weight excluding hydrogens is 446 g/mol. The first kappa shape index (κ1) is 24.1. The smallest absolute Gasteiger partial charge is 0.252 e. The van der Waals surface area contributed by atoms with Crippen LogP contribution in [0.25, 0.3) is 11.1 Å². The van der Waals surface area contributed by atoms with Gasteiger partial charge in [0.2, 0.25) is 0 Å². The molecule has 0 aliphatic heterocycles. The zero-order valence-electron chi connectivity index (χ0n) is 17.6. The van der Waals surface area contributed by atoms with E-state index in [1.807, 2.05) is 12.1 Å². The molecular formula is C23H23N3O6S. The number of ether oxygens (including phenoxy) is 1. The molecule has 2 amide bonds. The van der Waals surface area contributed by atoms with Crippen molar-refractivity contribution >= 4 is 28.9 Å². The monoisotopic (exact) mass is 469 g/mol. The van der Waals surface area contributed by atoms with Gasteiger partial charge in [0.25, 0.3) is 11.8 Å². The van der Waals surface area contributed by atoms with Gasteiger partial charge >= 0.3 is 0 Å². The molecule has 172 valence electrons. The van der Waals surface area contributed by atoms with Gasteiger partial charge in [-0.15, -0.1) is 11.3 Å². The highest BCUT2D eigenvalue weighted by molar-refractivity contribution is 7.09. The maximum atomic E-state index is 12.6. The summed E-state index contributed by atoms with van der Waals surface area (Å²) in [4.78, 5) is 41.8. The molecule has 1 atom stereocenters. The third kappa shape index (κ3) is 6.69. The fourth-order valence-corrected chi connectivity index (χ4v) is 3.46. The molecule has 9 nitrogen and oxygen atoms in total. The van der Waals surface area contributed by atoms with Crippen LogP contribution in [0.2, 0.25) is 0 Å². The lowest BCUT2D eigenvalue weighted by atomic mass is 10.0. The summed E-state index contributed by atoms with van der Waals surface area (Å²) in [6, 6.07) is 12.4.